The lowest BCUT2D eigenvalue weighted by Crippen LogP contribution is -2.39. The Hall–Kier alpha value is -0.570. The van der Waals surface area contributed by atoms with Crippen molar-refractivity contribution >= 4 is 5.91 Å². The molecule has 0 aromatic rings. The highest BCUT2D eigenvalue weighted by Crippen LogP contribution is 2.31. The molecule has 0 radical (unpaired) electrons. The Balaban J connectivity index is 1.96. The molecule has 2 atom stereocenters. The molecule has 2 unspecified atom stereocenters. The van der Waals surface area contributed by atoms with Crippen LogP contribution in [0.4, 0.5) is 0 Å². The monoisotopic (exact) mass is 196 g/mol. The number of carbonyl (C=O) groups excluding carboxylic acids is 1. The van der Waals surface area contributed by atoms with Crippen molar-refractivity contribution in [2.75, 3.05) is 6.54 Å². The zero-order valence-corrected chi connectivity index (χ0v) is 8.91. The van der Waals surface area contributed by atoms with Crippen LogP contribution in [-0.2, 0) is 4.79 Å². The van der Waals surface area contributed by atoms with E-state index in [0.29, 0.717) is 12.5 Å². The summed E-state index contributed by atoms with van der Waals surface area (Å²) in [5.41, 5.74) is 5.79. The van der Waals surface area contributed by atoms with Gasteiger partial charge < -0.3 is 10.6 Å². The second-order valence-corrected chi connectivity index (χ2v) is 4.80. The average Bonchev–Trinajstić information content (AvgIpc) is 2.73. The molecule has 3 nitrogen and oxygen atoms in total. The molecule has 1 saturated carbocycles. The summed E-state index contributed by atoms with van der Waals surface area (Å²) in [5.74, 6) is 0.987. The van der Waals surface area contributed by atoms with Gasteiger partial charge in [0, 0.05) is 25.0 Å². The van der Waals surface area contributed by atoms with E-state index in [4.69, 9.17) is 5.73 Å². The molecule has 1 heterocycles. The van der Waals surface area contributed by atoms with Crippen LogP contribution in [0.1, 0.15) is 39.0 Å². The van der Waals surface area contributed by atoms with Crippen LogP contribution in [-0.4, -0.2) is 29.4 Å². The normalized spacial score (nSPS) is 31.4. The van der Waals surface area contributed by atoms with Gasteiger partial charge in [0.25, 0.3) is 0 Å². The summed E-state index contributed by atoms with van der Waals surface area (Å²) in [6.07, 6.45) is 5.81. The first kappa shape index (κ1) is 9.97. The number of nitrogens with two attached hydrogens (primary N) is 1. The number of hydrogen-bond acceptors (Lipinski definition) is 2. The van der Waals surface area contributed by atoms with E-state index in [2.05, 4.69) is 6.92 Å². The molecule has 80 valence electrons. The van der Waals surface area contributed by atoms with Gasteiger partial charge in [-0.05, 0) is 25.7 Å². The van der Waals surface area contributed by atoms with Gasteiger partial charge in [0.1, 0.15) is 0 Å². The minimum atomic E-state index is 0.0753. The Morgan fingerprint density at radius 2 is 2.07 bits per heavy atom. The number of likely N-dealkylation sites (tertiary alicyclic amines) is 1. The highest BCUT2D eigenvalue weighted by Gasteiger charge is 2.34. The third kappa shape index (κ3) is 1.78. The van der Waals surface area contributed by atoms with Crippen molar-refractivity contribution in [3.8, 4) is 0 Å². The topological polar surface area (TPSA) is 46.3 Å². The molecule has 0 spiro atoms. The van der Waals surface area contributed by atoms with Crippen LogP contribution in [0, 0.1) is 5.92 Å². The van der Waals surface area contributed by atoms with Gasteiger partial charge in [0.2, 0.25) is 5.91 Å². The van der Waals surface area contributed by atoms with Gasteiger partial charge in [-0.25, -0.2) is 0 Å². The number of nitrogens with zero attached hydrogens (tertiary/aromatic N) is 1. The average molecular weight is 196 g/mol. The molecule has 14 heavy (non-hydrogen) atoms. The van der Waals surface area contributed by atoms with Gasteiger partial charge in [-0.1, -0.05) is 12.8 Å². The number of rotatable bonds is 2. The van der Waals surface area contributed by atoms with Gasteiger partial charge >= 0.3 is 0 Å². The van der Waals surface area contributed by atoms with Crippen LogP contribution in [0.2, 0.25) is 0 Å². The molecular formula is C11H20N2O. The summed E-state index contributed by atoms with van der Waals surface area (Å²) in [6.45, 7) is 2.96. The van der Waals surface area contributed by atoms with Crippen LogP contribution in [0.5, 0.6) is 0 Å². The van der Waals surface area contributed by atoms with Crippen molar-refractivity contribution in [3.63, 3.8) is 0 Å². The first-order valence-electron chi connectivity index (χ1n) is 5.73. The number of carbonyl (C=O) groups is 1. The second kappa shape index (κ2) is 3.89. The Morgan fingerprint density at radius 1 is 1.43 bits per heavy atom. The maximum atomic E-state index is 11.6. The van der Waals surface area contributed by atoms with Crippen LogP contribution in [0.15, 0.2) is 0 Å². The van der Waals surface area contributed by atoms with Crippen molar-refractivity contribution in [3.05, 3.63) is 0 Å². The summed E-state index contributed by atoms with van der Waals surface area (Å²) in [4.78, 5) is 13.6. The second-order valence-electron chi connectivity index (χ2n) is 4.80. The SMILES string of the molecule is CC(C1CCCC1)N1CC(N)CC1=O. The predicted molar refractivity (Wildman–Crippen MR) is 55.7 cm³/mol. The van der Waals surface area contributed by atoms with Crippen LogP contribution >= 0.6 is 0 Å². The highest BCUT2D eigenvalue weighted by molar-refractivity contribution is 5.79. The largest absolute Gasteiger partial charge is 0.338 e. The summed E-state index contributed by atoms with van der Waals surface area (Å²) in [7, 11) is 0. The van der Waals surface area contributed by atoms with E-state index in [9.17, 15) is 4.79 Å². The first-order chi connectivity index (χ1) is 6.68. The lowest BCUT2D eigenvalue weighted by molar-refractivity contribution is -0.130. The molecule has 2 rings (SSSR count). The molecule has 1 aliphatic carbocycles. The van der Waals surface area contributed by atoms with Crippen molar-refractivity contribution in [1.29, 1.82) is 0 Å². The van der Waals surface area contributed by atoms with E-state index in [0.717, 1.165) is 12.5 Å². The maximum Gasteiger partial charge on any atom is 0.224 e. The Bertz CT molecular complexity index is 223. The fourth-order valence-corrected chi connectivity index (χ4v) is 2.85. The number of hydrogen-bond donors (Lipinski definition) is 1. The van der Waals surface area contributed by atoms with Gasteiger partial charge in [-0.15, -0.1) is 0 Å². The summed E-state index contributed by atoms with van der Waals surface area (Å²) >= 11 is 0. The Morgan fingerprint density at radius 3 is 2.57 bits per heavy atom. The van der Waals surface area contributed by atoms with Gasteiger partial charge in [-0.2, -0.15) is 0 Å². The van der Waals surface area contributed by atoms with E-state index >= 15 is 0 Å². The van der Waals surface area contributed by atoms with E-state index < -0.39 is 0 Å². The van der Waals surface area contributed by atoms with Gasteiger partial charge in [0.15, 0.2) is 0 Å². The third-order valence-corrected chi connectivity index (χ3v) is 3.76. The Labute approximate surface area is 85.6 Å². The molecule has 1 saturated heterocycles. The fourth-order valence-electron chi connectivity index (χ4n) is 2.85. The molecule has 0 bridgehead atoms. The minimum absolute atomic E-state index is 0.0753. The fraction of sp³-hybridized carbons (Fsp3) is 0.909. The maximum absolute atomic E-state index is 11.6. The summed E-state index contributed by atoms with van der Waals surface area (Å²) < 4.78 is 0. The van der Waals surface area contributed by atoms with Crippen LogP contribution < -0.4 is 5.73 Å². The van der Waals surface area contributed by atoms with Crippen molar-refractivity contribution < 1.29 is 4.79 Å². The summed E-state index contributed by atoms with van der Waals surface area (Å²) in [6, 6.07) is 0.491. The lowest BCUT2D eigenvalue weighted by Gasteiger charge is -2.29. The number of amides is 1. The minimum Gasteiger partial charge on any atom is -0.338 e. The zero-order chi connectivity index (χ0) is 10.1. The standard InChI is InChI=1S/C11H20N2O/c1-8(9-4-2-3-5-9)13-7-10(12)6-11(13)14/h8-10H,2-7,12H2,1H3. The smallest absolute Gasteiger partial charge is 0.224 e. The van der Waals surface area contributed by atoms with Gasteiger partial charge in [-0.3, -0.25) is 4.79 Å². The summed E-state index contributed by atoms with van der Waals surface area (Å²) in [5, 5.41) is 0. The zero-order valence-electron chi connectivity index (χ0n) is 8.91. The first-order valence-corrected chi connectivity index (χ1v) is 5.73. The molecular weight excluding hydrogens is 176 g/mol. The van der Waals surface area contributed by atoms with Crippen molar-refractivity contribution in [1.82, 2.24) is 4.90 Å². The highest BCUT2D eigenvalue weighted by atomic mass is 16.2. The van der Waals surface area contributed by atoms with Crippen molar-refractivity contribution in [2.24, 2.45) is 11.7 Å². The molecule has 0 aromatic carbocycles. The third-order valence-electron chi connectivity index (χ3n) is 3.76. The van der Waals surface area contributed by atoms with E-state index in [-0.39, 0.29) is 11.9 Å². The van der Waals surface area contributed by atoms with E-state index in [1.165, 1.54) is 25.7 Å². The van der Waals surface area contributed by atoms with Crippen molar-refractivity contribution in [2.45, 2.75) is 51.1 Å². The molecule has 0 aromatic heterocycles. The molecule has 2 N–H and O–H groups in total. The quantitative estimate of drug-likeness (QED) is 0.719. The molecule has 1 amide bonds. The molecule has 3 heteroatoms. The molecule has 1 aliphatic heterocycles. The van der Waals surface area contributed by atoms with E-state index in [1.807, 2.05) is 4.90 Å². The Kier molecular flexibility index (Phi) is 2.77. The molecule has 2 fully saturated rings. The van der Waals surface area contributed by atoms with Crippen LogP contribution in [0.25, 0.3) is 0 Å². The van der Waals surface area contributed by atoms with Crippen LogP contribution in [0.3, 0.4) is 0 Å². The lowest BCUT2D eigenvalue weighted by atomic mass is 9.98. The van der Waals surface area contributed by atoms with Gasteiger partial charge in [0.05, 0.1) is 0 Å². The predicted octanol–water partition coefficient (Wildman–Crippen LogP) is 1.12. The van der Waals surface area contributed by atoms with E-state index in [1.54, 1.807) is 0 Å². The molecule has 2 aliphatic rings.